The Morgan fingerprint density at radius 2 is 1.67 bits per heavy atom. The standard InChI is InChI=1S/C33H57ClO2/c1-7-24(22(2)3)11-10-23(4)28-14-15-29-27-13-12-25-21-26(36-31(35)9-8-20-34)16-18-32(25,5)30(27)17-19-33(28,29)6/h22-30H,7-21H2,1-6H3/t23-,24-,25?,26+,27?,28-,29?,30?,32+,33-/m1/s1. The van der Waals surface area contributed by atoms with Gasteiger partial charge in [-0.3, -0.25) is 4.79 Å². The molecular formula is C33H57ClO2. The van der Waals surface area contributed by atoms with Gasteiger partial charge in [-0.15, -0.1) is 11.6 Å². The number of halogens is 1. The number of hydrogen-bond donors (Lipinski definition) is 0. The molecule has 0 bridgehead atoms. The van der Waals surface area contributed by atoms with E-state index in [0.29, 0.717) is 23.1 Å². The van der Waals surface area contributed by atoms with E-state index in [4.69, 9.17) is 16.3 Å². The lowest BCUT2D eigenvalue weighted by Crippen LogP contribution is -2.54. The molecule has 36 heavy (non-hydrogen) atoms. The Hall–Kier alpha value is -0.240. The average Bonchev–Trinajstić information content (AvgIpc) is 3.20. The van der Waals surface area contributed by atoms with E-state index in [1.54, 1.807) is 0 Å². The molecule has 0 radical (unpaired) electrons. The van der Waals surface area contributed by atoms with E-state index in [9.17, 15) is 4.79 Å². The van der Waals surface area contributed by atoms with E-state index in [1.165, 1.54) is 64.2 Å². The smallest absolute Gasteiger partial charge is 0.306 e. The van der Waals surface area contributed by atoms with Crippen molar-refractivity contribution in [3.05, 3.63) is 0 Å². The Kier molecular flexibility index (Phi) is 9.49. The molecular weight excluding hydrogens is 464 g/mol. The summed E-state index contributed by atoms with van der Waals surface area (Å²) in [5.41, 5.74) is 1.02. The second-order valence-corrected chi connectivity index (χ2v) is 14.9. The number of alkyl halides is 1. The van der Waals surface area contributed by atoms with Gasteiger partial charge >= 0.3 is 5.97 Å². The number of fused-ring (bicyclic) bond motifs is 5. The minimum atomic E-state index is -0.0314. The molecule has 10 atom stereocenters. The van der Waals surface area contributed by atoms with Crippen LogP contribution in [0.5, 0.6) is 0 Å². The Morgan fingerprint density at radius 3 is 2.36 bits per heavy atom. The zero-order valence-corrected chi connectivity index (χ0v) is 25.3. The molecule has 208 valence electrons. The van der Waals surface area contributed by atoms with E-state index in [1.807, 2.05) is 0 Å². The lowest BCUT2D eigenvalue weighted by Gasteiger charge is -2.61. The Bertz CT molecular complexity index is 735. The molecule has 4 aliphatic rings. The predicted molar refractivity (Wildman–Crippen MR) is 152 cm³/mol. The van der Waals surface area contributed by atoms with Crippen molar-refractivity contribution in [1.29, 1.82) is 0 Å². The van der Waals surface area contributed by atoms with Crippen molar-refractivity contribution in [1.82, 2.24) is 0 Å². The fraction of sp³-hybridized carbons (Fsp3) is 0.970. The van der Waals surface area contributed by atoms with Crippen molar-refractivity contribution in [3.8, 4) is 0 Å². The van der Waals surface area contributed by atoms with Crippen LogP contribution in [0.1, 0.15) is 131 Å². The lowest BCUT2D eigenvalue weighted by molar-refractivity contribution is -0.162. The number of carbonyl (C=O) groups excluding carboxylic acids is 1. The van der Waals surface area contributed by atoms with Gasteiger partial charge in [0.15, 0.2) is 0 Å². The number of rotatable bonds is 10. The van der Waals surface area contributed by atoms with Gasteiger partial charge in [0, 0.05) is 12.3 Å². The van der Waals surface area contributed by atoms with Gasteiger partial charge in [0.25, 0.3) is 0 Å². The largest absolute Gasteiger partial charge is 0.462 e. The second kappa shape index (κ2) is 11.9. The molecule has 3 heteroatoms. The van der Waals surface area contributed by atoms with Crippen LogP contribution in [0.2, 0.25) is 0 Å². The number of ether oxygens (including phenoxy) is 1. The summed E-state index contributed by atoms with van der Waals surface area (Å²) in [5, 5.41) is 0. The summed E-state index contributed by atoms with van der Waals surface area (Å²) in [6, 6.07) is 0. The molecule has 0 N–H and O–H groups in total. The van der Waals surface area contributed by atoms with Gasteiger partial charge in [0.1, 0.15) is 6.10 Å². The highest BCUT2D eigenvalue weighted by Gasteiger charge is 2.60. The van der Waals surface area contributed by atoms with Gasteiger partial charge in [0.2, 0.25) is 0 Å². The molecule has 0 aromatic carbocycles. The van der Waals surface area contributed by atoms with Crippen LogP contribution in [0.15, 0.2) is 0 Å². The molecule has 0 saturated heterocycles. The highest BCUT2D eigenvalue weighted by atomic mass is 35.5. The molecule has 0 amide bonds. The summed E-state index contributed by atoms with van der Waals surface area (Å²) in [6.45, 7) is 15.2. The summed E-state index contributed by atoms with van der Waals surface area (Å²) < 4.78 is 5.91. The van der Waals surface area contributed by atoms with Crippen LogP contribution in [0.25, 0.3) is 0 Å². The maximum Gasteiger partial charge on any atom is 0.306 e. The van der Waals surface area contributed by atoms with Crippen LogP contribution < -0.4 is 0 Å². The third-order valence-corrected chi connectivity index (χ3v) is 12.9. The van der Waals surface area contributed by atoms with Crippen molar-refractivity contribution in [2.75, 3.05) is 5.88 Å². The molecule has 4 fully saturated rings. The minimum Gasteiger partial charge on any atom is -0.462 e. The summed E-state index contributed by atoms with van der Waals surface area (Å²) >= 11 is 5.77. The molecule has 4 saturated carbocycles. The second-order valence-electron chi connectivity index (χ2n) is 14.5. The molecule has 0 heterocycles. The monoisotopic (exact) mass is 520 g/mol. The molecule has 0 aliphatic heterocycles. The van der Waals surface area contributed by atoms with Gasteiger partial charge in [-0.1, -0.05) is 54.4 Å². The zero-order chi connectivity index (χ0) is 26.1. The summed E-state index contributed by atoms with van der Waals surface area (Å²) in [5.74, 6) is 7.55. The maximum absolute atomic E-state index is 12.2. The van der Waals surface area contributed by atoms with E-state index in [-0.39, 0.29) is 12.1 Å². The highest BCUT2D eigenvalue weighted by molar-refractivity contribution is 6.17. The van der Waals surface area contributed by atoms with Crippen LogP contribution >= 0.6 is 11.6 Å². The van der Waals surface area contributed by atoms with Crippen LogP contribution in [-0.4, -0.2) is 18.0 Å². The van der Waals surface area contributed by atoms with E-state index >= 15 is 0 Å². The zero-order valence-electron chi connectivity index (χ0n) is 24.5. The predicted octanol–water partition coefficient (Wildman–Crippen LogP) is 9.67. The Morgan fingerprint density at radius 1 is 0.944 bits per heavy atom. The van der Waals surface area contributed by atoms with Gasteiger partial charge in [-0.05, 0) is 129 Å². The van der Waals surface area contributed by atoms with Crippen molar-refractivity contribution in [2.24, 2.45) is 58.2 Å². The quantitative estimate of drug-likeness (QED) is 0.211. The molecule has 0 aromatic rings. The first-order valence-corrected chi connectivity index (χ1v) is 16.4. The van der Waals surface area contributed by atoms with Crippen molar-refractivity contribution in [2.45, 2.75) is 138 Å². The molecule has 4 aliphatic carbocycles. The maximum atomic E-state index is 12.2. The first kappa shape index (κ1) is 28.8. The summed E-state index contributed by atoms with van der Waals surface area (Å²) in [6.07, 6.45) is 17.6. The molecule has 4 rings (SSSR count). The fourth-order valence-electron chi connectivity index (χ4n) is 10.4. The van der Waals surface area contributed by atoms with Crippen LogP contribution in [0, 0.1) is 58.2 Å². The number of hydrogen-bond acceptors (Lipinski definition) is 2. The normalized spacial score (nSPS) is 41.8. The lowest BCUT2D eigenvalue weighted by atomic mass is 9.44. The van der Waals surface area contributed by atoms with Crippen molar-refractivity contribution in [3.63, 3.8) is 0 Å². The average molecular weight is 521 g/mol. The summed E-state index contributed by atoms with van der Waals surface area (Å²) in [7, 11) is 0. The van der Waals surface area contributed by atoms with E-state index in [0.717, 1.165) is 66.6 Å². The molecule has 4 unspecified atom stereocenters. The van der Waals surface area contributed by atoms with Crippen molar-refractivity contribution < 1.29 is 9.53 Å². The minimum absolute atomic E-state index is 0.0314. The molecule has 0 spiro atoms. The number of carbonyl (C=O) groups is 1. The molecule has 2 nitrogen and oxygen atoms in total. The topological polar surface area (TPSA) is 26.3 Å². The van der Waals surface area contributed by atoms with Crippen LogP contribution in [0.3, 0.4) is 0 Å². The molecule has 0 aromatic heterocycles. The Balaban J connectivity index is 1.38. The fourth-order valence-corrected chi connectivity index (χ4v) is 10.6. The third kappa shape index (κ3) is 5.56. The van der Waals surface area contributed by atoms with Gasteiger partial charge in [0.05, 0.1) is 0 Å². The van der Waals surface area contributed by atoms with Gasteiger partial charge in [-0.2, -0.15) is 0 Å². The van der Waals surface area contributed by atoms with E-state index < -0.39 is 0 Å². The third-order valence-electron chi connectivity index (χ3n) is 12.7. The summed E-state index contributed by atoms with van der Waals surface area (Å²) in [4.78, 5) is 12.2. The Labute approximate surface area is 228 Å². The van der Waals surface area contributed by atoms with E-state index in [2.05, 4.69) is 41.5 Å². The first-order chi connectivity index (χ1) is 17.1. The SMILES string of the molecule is CC[C@H](CC[C@@H](C)[C@H]1CCC2C3CCC4C[C@@H](OC(=O)CCCCl)CC[C@]4(C)C3CC[C@@]21C)C(C)C. The highest BCUT2D eigenvalue weighted by Crippen LogP contribution is 2.68. The van der Waals surface area contributed by atoms with Crippen LogP contribution in [-0.2, 0) is 9.53 Å². The first-order valence-electron chi connectivity index (χ1n) is 15.9. The van der Waals surface area contributed by atoms with Crippen LogP contribution in [0.4, 0.5) is 0 Å². The van der Waals surface area contributed by atoms with Crippen molar-refractivity contribution >= 4 is 17.6 Å². The van der Waals surface area contributed by atoms with Gasteiger partial charge in [-0.25, -0.2) is 0 Å². The van der Waals surface area contributed by atoms with Gasteiger partial charge < -0.3 is 4.74 Å². The number of esters is 1.